The molecule has 4 rings (SSSR count). The Balaban J connectivity index is 1.65. The van der Waals surface area contributed by atoms with Crippen molar-refractivity contribution in [1.29, 1.82) is 0 Å². The normalized spacial score (nSPS) is 24.7. The molecule has 0 bridgehead atoms. The fraction of sp³-hybridized carbons (Fsp3) is 0.400. The van der Waals surface area contributed by atoms with Gasteiger partial charge in [0.05, 0.1) is 30.5 Å². The van der Waals surface area contributed by atoms with E-state index >= 15 is 0 Å². The van der Waals surface area contributed by atoms with Crippen LogP contribution in [0.2, 0.25) is 0 Å². The smallest absolute Gasteiger partial charge is 0.337 e. The summed E-state index contributed by atoms with van der Waals surface area (Å²) in [5, 5.41) is 7.79. The maximum absolute atomic E-state index is 13.3. The van der Waals surface area contributed by atoms with E-state index < -0.39 is 35.5 Å². The van der Waals surface area contributed by atoms with Crippen molar-refractivity contribution in [2.24, 2.45) is 0 Å². The predicted molar refractivity (Wildman–Crippen MR) is 105 cm³/mol. The summed E-state index contributed by atoms with van der Waals surface area (Å²) in [4.78, 5) is 51.3. The maximum Gasteiger partial charge on any atom is 0.337 e. The highest BCUT2D eigenvalue weighted by molar-refractivity contribution is 6.07. The molecule has 1 aromatic carbocycles. The van der Waals surface area contributed by atoms with Crippen LogP contribution >= 0.6 is 0 Å². The number of benzene rings is 1. The number of hydrogen-bond donors (Lipinski definition) is 3. The number of nitrogens with one attached hydrogen (secondary N) is 3. The molecule has 0 saturated carbocycles. The SMILES string of the molecule is CCOC(=O)C1=C(CN2C(=O)N[C@](C)(c3ccc4c(c3)OCO4)C2=O)NC(=O)N[C@H]1C. The van der Waals surface area contributed by atoms with E-state index in [4.69, 9.17) is 14.2 Å². The highest BCUT2D eigenvalue weighted by Gasteiger charge is 2.50. The van der Waals surface area contributed by atoms with Gasteiger partial charge in [0, 0.05) is 0 Å². The Morgan fingerprint density at radius 2 is 2.00 bits per heavy atom. The van der Waals surface area contributed by atoms with Gasteiger partial charge in [0.2, 0.25) is 6.79 Å². The van der Waals surface area contributed by atoms with Crippen LogP contribution in [0.3, 0.4) is 0 Å². The summed E-state index contributed by atoms with van der Waals surface area (Å²) in [7, 11) is 0. The van der Waals surface area contributed by atoms with Crippen molar-refractivity contribution >= 4 is 23.9 Å². The molecule has 1 fully saturated rings. The van der Waals surface area contributed by atoms with E-state index in [0.29, 0.717) is 17.1 Å². The van der Waals surface area contributed by atoms with Crippen LogP contribution in [0.15, 0.2) is 29.5 Å². The van der Waals surface area contributed by atoms with Gasteiger partial charge in [0.1, 0.15) is 5.54 Å². The molecule has 3 N–H and O–H groups in total. The molecular formula is C20H22N4O7. The van der Waals surface area contributed by atoms with Gasteiger partial charge in [0.15, 0.2) is 11.5 Å². The number of carbonyl (C=O) groups is 4. The number of carbonyl (C=O) groups excluding carboxylic acids is 4. The maximum atomic E-state index is 13.3. The van der Waals surface area contributed by atoms with Gasteiger partial charge in [-0.2, -0.15) is 0 Å². The molecule has 3 aliphatic rings. The van der Waals surface area contributed by atoms with Crippen LogP contribution < -0.4 is 25.4 Å². The third-order valence-electron chi connectivity index (χ3n) is 5.41. The van der Waals surface area contributed by atoms with E-state index in [1.54, 1.807) is 39.0 Å². The number of ether oxygens (including phenoxy) is 3. The second-order valence-corrected chi connectivity index (χ2v) is 7.45. The molecule has 5 amide bonds. The Morgan fingerprint density at radius 1 is 1.26 bits per heavy atom. The Hall–Kier alpha value is -3.76. The molecule has 0 aliphatic carbocycles. The summed E-state index contributed by atoms with van der Waals surface area (Å²) in [5.41, 5.74) is -0.558. The third-order valence-corrected chi connectivity index (χ3v) is 5.41. The zero-order valence-electron chi connectivity index (χ0n) is 17.2. The number of rotatable bonds is 5. The minimum Gasteiger partial charge on any atom is -0.463 e. The molecule has 0 radical (unpaired) electrons. The number of hydrogen-bond acceptors (Lipinski definition) is 7. The largest absolute Gasteiger partial charge is 0.463 e. The van der Waals surface area contributed by atoms with Crippen molar-refractivity contribution in [3.63, 3.8) is 0 Å². The van der Waals surface area contributed by atoms with Crippen molar-refractivity contribution in [3.8, 4) is 11.5 Å². The van der Waals surface area contributed by atoms with Crippen molar-refractivity contribution in [2.45, 2.75) is 32.4 Å². The minimum absolute atomic E-state index is 0.0820. The lowest BCUT2D eigenvalue weighted by Gasteiger charge is -2.28. The van der Waals surface area contributed by atoms with E-state index in [1.165, 1.54) is 0 Å². The number of urea groups is 2. The van der Waals surface area contributed by atoms with Gasteiger partial charge in [-0.1, -0.05) is 6.07 Å². The number of nitrogens with zero attached hydrogens (tertiary/aromatic N) is 1. The fourth-order valence-electron chi connectivity index (χ4n) is 3.81. The van der Waals surface area contributed by atoms with Crippen LogP contribution in [-0.2, 0) is 19.9 Å². The van der Waals surface area contributed by atoms with Crippen LogP contribution in [0.25, 0.3) is 0 Å². The van der Waals surface area contributed by atoms with Crippen LogP contribution in [0, 0.1) is 0 Å². The second-order valence-electron chi connectivity index (χ2n) is 7.45. The molecule has 11 nitrogen and oxygen atoms in total. The first-order valence-corrected chi connectivity index (χ1v) is 9.76. The summed E-state index contributed by atoms with van der Waals surface area (Å²) < 4.78 is 15.7. The molecule has 0 unspecified atom stereocenters. The molecule has 0 spiro atoms. The van der Waals surface area contributed by atoms with Gasteiger partial charge in [-0.15, -0.1) is 0 Å². The van der Waals surface area contributed by atoms with Gasteiger partial charge in [-0.3, -0.25) is 9.69 Å². The molecule has 2 atom stereocenters. The average molecular weight is 430 g/mol. The highest BCUT2D eigenvalue weighted by atomic mass is 16.7. The first-order chi connectivity index (χ1) is 14.7. The number of fused-ring (bicyclic) bond motifs is 1. The average Bonchev–Trinajstić information content (AvgIpc) is 3.26. The molecule has 0 aromatic heterocycles. The number of esters is 1. The fourth-order valence-corrected chi connectivity index (χ4v) is 3.81. The summed E-state index contributed by atoms with van der Waals surface area (Å²) in [6.45, 7) is 4.78. The standard InChI is InChI=1S/C20H22N4O7/c1-4-29-16(25)15-10(2)21-18(27)22-12(15)8-24-17(26)20(3,23-19(24)28)11-5-6-13-14(7-11)31-9-30-13/h5-7,10H,4,8-9H2,1-3H3,(H,23,28)(H2,21,22,27)/t10-,20+/m0/s1. The highest BCUT2D eigenvalue weighted by Crippen LogP contribution is 2.38. The van der Waals surface area contributed by atoms with Gasteiger partial charge in [-0.25, -0.2) is 14.4 Å². The summed E-state index contributed by atoms with van der Waals surface area (Å²) in [6, 6.07) is 3.14. The van der Waals surface area contributed by atoms with E-state index in [1.807, 2.05) is 0 Å². The van der Waals surface area contributed by atoms with Crippen LogP contribution in [0.4, 0.5) is 9.59 Å². The molecule has 1 saturated heterocycles. The summed E-state index contributed by atoms with van der Waals surface area (Å²) in [5.74, 6) is -0.141. The zero-order chi connectivity index (χ0) is 22.3. The lowest BCUT2D eigenvalue weighted by atomic mass is 9.91. The van der Waals surface area contributed by atoms with Crippen molar-refractivity contribution in [1.82, 2.24) is 20.9 Å². The zero-order valence-corrected chi connectivity index (χ0v) is 17.2. The van der Waals surface area contributed by atoms with Gasteiger partial charge < -0.3 is 30.2 Å². The van der Waals surface area contributed by atoms with Crippen LogP contribution in [0.1, 0.15) is 26.3 Å². The Morgan fingerprint density at radius 3 is 2.74 bits per heavy atom. The van der Waals surface area contributed by atoms with E-state index in [2.05, 4.69) is 16.0 Å². The molecule has 3 heterocycles. The van der Waals surface area contributed by atoms with Gasteiger partial charge in [0.25, 0.3) is 5.91 Å². The summed E-state index contributed by atoms with van der Waals surface area (Å²) in [6.07, 6.45) is 0. The molecule has 1 aromatic rings. The topological polar surface area (TPSA) is 135 Å². The van der Waals surface area contributed by atoms with Gasteiger partial charge >= 0.3 is 18.0 Å². The minimum atomic E-state index is -1.36. The molecule has 11 heteroatoms. The Kier molecular flexibility index (Phi) is 4.96. The lowest BCUT2D eigenvalue weighted by molar-refractivity contribution is -0.139. The van der Waals surface area contributed by atoms with E-state index in [9.17, 15) is 19.2 Å². The van der Waals surface area contributed by atoms with Crippen molar-refractivity contribution < 1.29 is 33.4 Å². The van der Waals surface area contributed by atoms with Crippen LogP contribution in [0.5, 0.6) is 11.5 Å². The van der Waals surface area contributed by atoms with Crippen molar-refractivity contribution in [2.75, 3.05) is 19.9 Å². The molecule has 3 aliphatic heterocycles. The third kappa shape index (κ3) is 3.41. The predicted octanol–water partition coefficient (Wildman–Crippen LogP) is 0.701. The molecule has 164 valence electrons. The first-order valence-electron chi connectivity index (χ1n) is 9.76. The van der Waals surface area contributed by atoms with E-state index in [0.717, 1.165) is 4.90 Å². The quantitative estimate of drug-likeness (QED) is 0.462. The lowest BCUT2D eigenvalue weighted by Crippen LogP contribution is -2.52. The molecule has 31 heavy (non-hydrogen) atoms. The number of amides is 5. The number of imide groups is 1. The second kappa shape index (κ2) is 7.49. The molecular weight excluding hydrogens is 408 g/mol. The summed E-state index contributed by atoms with van der Waals surface area (Å²) >= 11 is 0. The monoisotopic (exact) mass is 430 g/mol. The van der Waals surface area contributed by atoms with Crippen LogP contribution in [-0.4, -0.2) is 54.8 Å². The Bertz CT molecular complexity index is 1020. The van der Waals surface area contributed by atoms with Gasteiger partial charge in [-0.05, 0) is 38.5 Å². The Labute approximate surface area is 177 Å². The van der Waals surface area contributed by atoms with E-state index in [-0.39, 0.29) is 31.2 Å². The first kappa shape index (κ1) is 20.5. The van der Waals surface area contributed by atoms with Crippen molar-refractivity contribution in [3.05, 3.63) is 35.0 Å².